The lowest BCUT2D eigenvalue weighted by molar-refractivity contribution is -0.119. The number of carbonyl (C=O) groups excluding carboxylic acids is 2. The molecule has 2 saturated heterocycles. The second kappa shape index (κ2) is 8.48. The summed E-state index contributed by atoms with van der Waals surface area (Å²) in [7, 11) is 0. The second-order valence-electron chi connectivity index (χ2n) is 5.79. The first-order chi connectivity index (χ1) is 11.5. The summed E-state index contributed by atoms with van der Waals surface area (Å²) in [6, 6.07) is 4.72. The second-order valence-corrected chi connectivity index (χ2v) is 5.79. The summed E-state index contributed by atoms with van der Waals surface area (Å²) >= 11 is 0. The monoisotopic (exact) mass is 417 g/mol. The Balaban J connectivity index is 0.00000225. The predicted molar refractivity (Wildman–Crippen MR) is 96.1 cm³/mol. The van der Waals surface area contributed by atoms with Crippen molar-refractivity contribution in [2.45, 2.75) is 13.0 Å². The molecule has 0 spiro atoms. The Morgan fingerprint density at radius 1 is 1.36 bits per heavy atom. The molecule has 0 unspecified atom stereocenters. The zero-order valence-electron chi connectivity index (χ0n) is 13.9. The van der Waals surface area contributed by atoms with Crippen molar-refractivity contribution in [2.24, 2.45) is 0 Å². The standard InChI is InChI=1S/C16H20FN3O4.BrH/c1-11(21)18-9-13-10-20(16(22)24-13)12-2-3-15(14(17)8-12)19-4-6-23-7-5-19;/h2-3,8,13H,4-7,9-10H2,1H3,(H,18,21);1H/t13-;/m0./s1. The fraction of sp³-hybridized carbons (Fsp3) is 0.500. The van der Waals surface area contributed by atoms with Crippen LogP contribution in [0, 0.1) is 5.82 Å². The molecule has 9 heteroatoms. The Labute approximate surface area is 155 Å². The molecule has 1 aromatic carbocycles. The van der Waals surface area contributed by atoms with Crippen LogP contribution in [0.25, 0.3) is 0 Å². The number of ether oxygens (including phenoxy) is 2. The van der Waals surface area contributed by atoms with Crippen molar-refractivity contribution >= 4 is 40.4 Å². The maximum atomic E-state index is 14.4. The third kappa shape index (κ3) is 4.60. The van der Waals surface area contributed by atoms with Gasteiger partial charge in [-0.3, -0.25) is 9.69 Å². The van der Waals surface area contributed by atoms with E-state index < -0.39 is 12.2 Å². The van der Waals surface area contributed by atoms with E-state index in [-0.39, 0.29) is 41.8 Å². The first-order valence-electron chi connectivity index (χ1n) is 7.89. The number of morpholine rings is 1. The minimum Gasteiger partial charge on any atom is -0.442 e. The maximum absolute atomic E-state index is 14.4. The van der Waals surface area contributed by atoms with Crippen molar-refractivity contribution in [3.05, 3.63) is 24.0 Å². The van der Waals surface area contributed by atoms with Gasteiger partial charge >= 0.3 is 6.09 Å². The highest BCUT2D eigenvalue weighted by Gasteiger charge is 2.32. The van der Waals surface area contributed by atoms with Gasteiger partial charge in [0.05, 0.1) is 37.7 Å². The number of cyclic esters (lactones) is 1. The summed E-state index contributed by atoms with van der Waals surface area (Å²) in [6.07, 6.45) is -0.979. The molecule has 2 amide bonds. The van der Waals surface area contributed by atoms with E-state index in [1.54, 1.807) is 12.1 Å². The Hall–Kier alpha value is -1.87. The lowest BCUT2D eigenvalue weighted by Gasteiger charge is -2.29. The highest BCUT2D eigenvalue weighted by molar-refractivity contribution is 8.93. The van der Waals surface area contributed by atoms with Crippen molar-refractivity contribution in [3.63, 3.8) is 0 Å². The van der Waals surface area contributed by atoms with Gasteiger partial charge < -0.3 is 19.7 Å². The molecule has 0 aromatic heterocycles. The third-order valence-corrected chi connectivity index (χ3v) is 4.05. The van der Waals surface area contributed by atoms with E-state index in [1.165, 1.54) is 17.9 Å². The molecule has 0 aliphatic carbocycles. The first-order valence-corrected chi connectivity index (χ1v) is 7.89. The van der Waals surface area contributed by atoms with Gasteiger partial charge in [-0.25, -0.2) is 9.18 Å². The van der Waals surface area contributed by atoms with E-state index in [9.17, 15) is 14.0 Å². The average Bonchev–Trinajstić information content (AvgIpc) is 2.94. The zero-order valence-corrected chi connectivity index (χ0v) is 15.6. The molecule has 2 aliphatic rings. The molecule has 2 aliphatic heterocycles. The molecule has 0 saturated carbocycles. The number of hydrogen-bond donors (Lipinski definition) is 1. The SMILES string of the molecule is Br.CC(=O)NC[C@H]1CN(c2ccc(N3CCOCC3)c(F)c2)C(=O)O1. The van der Waals surface area contributed by atoms with Crippen LogP contribution in [0.2, 0.25) is 0 Å². The lowest BCUT2D eigenvalue weighted by atomic mass is 10.2. The van der Waals surface area contributed by atoms with E-state index in [0.29, 0.717) is 37.7 Å². The number of nitrogens with one attached hydrogen (secondary N) is 1. The summed E-state index contributed by atoms with van der Waals surface area (Å²) in [6.45, 7) is 4.34. The minimum absolute atomic E-state index is 0. The number of rotatable bonds is 4. The largest absolute Gasteiger partial charge is 0.442 e. The molecule has 0 radical (unpaired) electrons. The van der Waals surface area contributed by atoms with Crippen LogP contribution < -0.4 is 15.1 Å². The molecule has 25 heavy (non-hydrogen) atoms. The molecule has 7 nitrogen and oxygen atoms in total. The predicted octanol–water partition coefficient (Wildman–Crippen LogP) is 1.70. The van der Waals surface area contributed by atoms with Crippen LogP contribution in [0.3, 0.4) is 0 Å². The summed E-state index contributed by atoms with van der Waals surface area (Å²) in [5.74, 6) is -0.571. The van der Waals surface area contributed by atoms with Crippen LogP contribution >= 0.6 is 17.0 Å². The Kier molecular flexibility index (Phi) is 6.60. The van der Waals surface area contributed by atoms with E-state index in [0.717, 1.165) is 0 Å². The van der Waals surface area contributed by atoms with Gasteiger partial charge in [0, 0.05) is 20.0 Å². The van der Waals surface area contributed by atoms with Crippen molar-refractivity contribution in [1.29, 1.82) is 0 Å². The fourth-order valence-electron chi connectivity index (χ4n) is 2.82. The smallest absolute Gasteiger partial charge is 0.414 e. The number of carbonyl (C=O) groups is 2. The number of hydrogen-bond acceptors (Lipinski definition) is 5. The molecule has 1 atom stereocenters. The molecule has 2 fully saturated rings. The van der Waals surface area contributed by atoms with Crippen molar-refractivity contribution < 1.29 is 23.5 Å². The molecular formula is C16H21BrFN3O4. The molecular weight excluding hydrogens is 397 g/mol. The van der Waals surface area contributed by atoms with Gasteiger partial charge in [0.25, 0.3) is 0 Å². The van der Waals surface area contributed by atoms with Gasteiger partial charge in [0.2, 0.25) is 5.91 Å². The number of halogens is 2. The van der Waals surface area contributed by atoms with Crippen LogP contribution in [0.15, 0.2) is 18.2 Å². The molecule has 2 heterocycles. The third-order valence-electron chi connectivity index (χ3n) is 4.05. The van der Waals surface area contributed by atoms with Gasteiger partial charge in [-0.05, 0) is 18.2 Å². The van der Waals surface area contributed by atoms with E-state index in [1.807, 2.05) is 4.90 Å². The van der Waals surface area contributed by atoms with Crippen LogP contribution in [-0.2, 0) is 14.3 Å². The number of nitrogens with zero attached hydrogens (tertiary/aromatic N) is 2. The quantitative estimate of drug-likeness (QED) is 0.806. The summed E-state index contributed by atoms with van der Waals surface area (Å²) in [5.41, 5.74) is 0.948. The van der Waals surface area contributed by atoms with E-state index in [4.69, 9.17) is 9.47 Å². The number of benzene rings is 1. The molecule has 0 bridgehead atoms. The zero-order chi connectivity index (χ0) is 17.1. The molecule has 138 valence electrons. The topological polar surface area (TPSA) is 71.1 Å². The highest BCUT2D eigenvalue weighted by atomic mass is 79.9. The van der Waals surface area contributed by atoms with Gasteiger partial charge in [-0.1, -0.05) is 0 Å². The van der Waals surface area contributed by atoms with Crippen molar-refractivity contribution in [2.75, 3.05) is 49.2 Å². The highest BCUT2D eigenvalue weighted by Crippen LogP contribution is 2.28. The fourth-order valence-corrected chi connectivity index (χ4v) is 2.82. The van der Waals surface area contributed by atoms with Gasteiger partial charge in [-0.15, -0.1) is 17.0 Å². The van der Waals surface area contributed by atoms with Gasteiger partial charge in [-0.2, -0.15) is 0 Å². The number of amides is 2. The maximum Gasteiger partial charge on any atom is 0.414 e. The Morgan fingerprint density at radius 3 is 2.72 bits per heavy atom. The normalized spacial score (nSPS) is 20.1. The lowest BCUT2D eigenvalue weighted by Crippen LogP contribution is -2.36. The summed E-state index contributed by atoms with van der Waals surface area (Å²) in [5, 5.41) is 2.61. The van der Waals surface area contributed by atoms with Gasteiger partial charge in [0.1, 0.15) is 11.9 Å². The molecule has 1 N–H and O–H groups in total. The van der Waals surface area contributed by atoms with E-state index in [2.05, 4.69) is 5.32 Å². The minimum atomic E-state index is -0.538. The van der Waals surface area contributed by atoms with Crippen LogP contribution in [0.1, 0.15) is 6.92 Å². The Morgan fingerprint density at radius 2 is 2.08 bits per heavy atom. The van der Waals surface area contributed by atoms with Crippen molar-refractivity contribution in [1.82, 2.24) is 5.32 Å². The van der Waals surface area contributed by atoms with Crippen LogP contribution in [0.5, 0.6) is 0 Å². The van der Waals surface area contributed by atoms with Crippen LogP contribution in [-0.4, -0.2) is 57.5 Å². The number of anilines is 2. The average molecular weight is 418 g/mol. The van der Waals surface area contributed by atoms with Crippen molar-refractivity contribution in [3.8, 4) is 0 Å². The Bertz CT molecular complexity index is 640. The van der Waals surface area contributed by atoms with E-state index >= 15 is 0 Å². The summed E-state index contributed by atoms with van der Waals surface area (Å²) in [4.78, 5) is 26.2. The van der Waals surface area contributed by atoms with Gasteiger partial charge in [0.15, 0.2) is 0 Å². The molecule has 1 aromatic rings. The van der Waals surface area contributed by atoms with Crippen LogP contribution in [0.4, 0.5) is 20.6 Å². The first kappa shape index (κ1) is 19.5. The summed E-state index contributed by atoms with van der Waals surface area (Å²) < 4.78 is 24.9. The molecule has 3 rings (SSSR count).